The molecule has 0 atom stereocenters. The Kier molecular flexibility index (Phi) is 6.40. The average Bonchev–Trinajstić information content (AvgIpc) is 3.30. The van der Waals surface area contributed by atoms with Crippen LogP contribution in [-0.2, 0) is 12.3 Å². The van der Waals surface area contributed by atoms with Gasteiger partial charge in [-0.05, 0) is 29.8 Å². The summed E-state index contributed by atoms with van der Waals surface area (Å²) in [6, 6.07) is 28.6. The van der Waals surface area contributed by atoms with Crippen LogP contribution in [-0.4, -0.2) is 26.9 Å². The number of fused-ring (bicyclic) bond motifs is 1. The Morgan fingerprint density at radius 3 is 2.59 bits per heavy atom. The highest BCUT2D eigenvalue weighted by Crippen LogP contribution is 2.33. The summed E-state index contributed by atoms with van der Waals surface area (Å²) >= 11 is 1.65. The lowest BCUT2D eigenvalue weighted by Crippen LogP contribution is -2.02. The maximum atomic E-state index is 5.36. The molecule has 5 aromatic rings. The van der Waals surface area contributed by atoms with E-state index in [0.29, 0.717) is 6.54 Å². The maximum Gasteiger partial charge on any atom is 0.192 e. The van der Waals surface area contributed by atoms with Gasteiger partial charge in [-0.3, -0.25) is 4.57 Å². The highest BCUT2D eigenvalue weighted by molar-refractivity contribution is 7.98. The minimum Gasteiger partial charge on any atom is -0.497 e. The lowest BCUT2D eigenvalue weighted by molar-refractivity contribution is 0.414. The first-order valence-corrected chi connectivity index (χ1v) is 12.0. The highest BCUT2D eigenvalue weighted by atomic mass is 32.2. The first-order chi connectivity index (χ1) is 16.8. The quantitative estimate of drug-likeness (QED) is 0.190. The number of hydrogen-bond acceptors (Lipinski definition) is 5. The molecule has 168 valence electrons. The van der Waals surface area contributed by atoms with Crippen molar-refractivity contribution < 1.29 is 4.74 Å². The summed E-state index contributed by atoms with van der Waals surface area (Å²) in [5.41, 5.74) is 5.08. The first-order valence-electron chi connectivity index (χ1n) is 11.0. The number of allylic oxidation sites excluding steroid dienone is 1. The van der Waals surface area contributed by atoms with Gasteiger partial charge >= 0.3 is 0 Å². The highest BCUT2D eigenvalue weighted by Gasteiger charge is 2.18. The van der Waals surface area contributed by atoms with Crippen molar-refractivity contribution in [3.05, 3.63) is 103 Å². The number of nitrogens with zero attached hydrogens (tertiary/aromatic N) is 4. The lowest BCUT2D eigenvalue weighted by atomic mass is 10.0. The van der Waals surface area contributed by atoms with Gasteiger partial charge in [0, 0.05) is 28.8 Å². The number of rotatable bonds is 8. The fourth-order valence-electron chi connectivity index (χ4n) is 3.92. The van der Waals surface area contributed by atoms with E-state index in [-0.39, 0.29) is 0 Å². The maximum absolute atomic E-state index is 5.36. The number of hydrogen-bond donors (Lipinski definition) is 0. The summed E-state index contributed by atoms with van der Waals surface area (Å²) in [6.07, 6.45) is 1.88. The molecule has 0 saturated carbocycles. The van der Waals surface area contributed by atoms with E-state index in [1.54, 1.807) is 18.9 Å². The molecule has 0 fully saturated rings. The van der Waals surface area contributed by atoms with Gasteiger partial charge in [0.15, 0.2) is 11.0 Å². The first kappa shape index (κ1) is 21.9. The Labute approximate surface area is 203 Å². The van der Waals surface area contributed by atoms with E-state index in [2.05, 4.69) is 51.7 Å². The third-order valence-corrected chi connectivity index (χ3v) is 6.60. The number of methoxy groups -OCH3 is 1. The predicted molar refractivity (Wildman–Crippen MR) is 139 cm³/mol. The fourth-order valence-corrected chi connectivity index (χ4v) is 4.81. The third-order valence-electron chi connectivity index (χ3n) is 5.56. The van der Waals surface area contributed by atoms with Gasteiger partial charge in [-0.25, -0.2) is 4.98 Å². The van der Waals surface area contributed by atoms with Crippen molar-refractivity contribution in [3.63, 3.8) is 0 Å². The zero-order valence-electron chi connectivity index (χ0n) is 18.9. The molecule has 0 N–H and O–H groups in total. The van der Waals surface area contributed by atoms with Gasteiger partial charge < -0.3 is 4.74 Å². The van der Waals surface area contributed by atoms with E-state index in [1.807, 2.05) is 60.7 Å². The largest absolute Gasteiger partial charge is 0.497 e. The molecule has 0 spiro atoms. The van der Waals surface area contributed by atoms with Gasteiger partial charge in [0.1, 0.15) is 5.75 Å². The SMILES string of the molecule is C=CCn1c(SCc2cccc(OC)c2)nnc1-c1cc(-c2ccccc2)nc2ccccc12. The van der Waals surface area contributed by atoms with E-state index in [4.69, 9.17) is 9.72 Å². The Bertz CT molecular complexity index is 1450. The molecule has 5 nitrogen and oxygen atoms in total. The Balaban J connectivity index is 1.57. The number of ether oxygens (including phenoxy) is 1. The summed E-state index contributed by atoms with van der Waals surface area (Å²) in [7, 11) is 1.68. The van der Waals surface area contributed by atoms with Crippen LogP contribution in [0.5, 0.6) is 5.75 Å². The van der Waals surface area contributed by atoms with Crippen molar-refractivity contribution in [2.24, 2.45) is 0 Å². The molecule has 0 amide bonds. The number of benzene rings is 3. The zero-order valence-corrected chi connectivity index (χ0v) is 19.7. The van der Waals surface area contributed by atoms with Crippen LogP contribution in [0.2, 0.25) is 0 Å². The second-order valence-electron chi connectivity index (χ2n) is 7.78. The van der Waals surface area contributed by atoms with Crippen molar-refractivity contribution in [2.45, 2.75) is 17.5 Å². The van der Waals surface area contributed by atoms with Gasteiger partial charge in [-0.2, -0.15) is 0 Å². The van der Waals surface area contributed by atoms with Crippen LogP contribution >= 0.6 is 11.8 Å². The minimum absolute atomic E-state index is 0.611. The van der Waals surface area contributed by atoms with Gasteiger partial charge in [-0.15, -0.1) is 16.8 Å². The third kappa shape index (κ3) is 4.45. The molecule has 0 aliphatic heterocycles. The van der Waals surface area contributed by atoms with Gasteiger partial charge in [0.2, 0.25) is 0 Å². The molecule has 0 bridgehead atoms. The molecule has 34 heavy (non-hydrogen) atoms. The number of pyridine rings is 1. The van der Waals surface area contributed by atoms with Crippen molar-refractivity contribution in [1.82, 2.24) is 19.7 Å². The van der Waals surface area contributed by atoms with Crippen LogP contribution in [0, 0.1) is 0 Å². The van der Waals surface area contributed by atoms with E-state index in [9.17, 15) is 0 Å². The van der Waals surface area contributed by atoms with E-state index < -0.39 is 0 Å². The molecular weight excluding hydrogens is 440 g/mol. The number of thioether (sulfide) groups is 1. The molecule has 2 aromatic heterocycles. The van der Waals surface area contributed by atoms with Crippen LogP contribution in [0.25, 0.3) is 33.5 Å². The van der Waals surface area contributed by atoms with Crippen molar-refractivity contribution >= 4 is 22.7 Å². The Morgan fingerprint density at radius 2 is 1.76 bits per heavy atom. The Hall–Kier alpha value is -3.90. The fraction of sp³-hybridized carbons (Fsp3) is 0.107. The summed E-state index contributed by atoms with van der Waals surface area (Å²) in [5, 5.41) is 11.1. The van der Waals surface area contributed by atoms with E-state index >= 15 is 0 Å². The van der Waals surface area contributed by atoms with Gasteiger partial charge in [0.25, 0.3) is 0 Å². The van der Waals surface area contributed by atoms with Crippen molar-refractivity contribution in [3.8, 4) is 28.4 Å². The van der Waals surface area contributed by atoms with Gasteiger partial charge in [-0.1, -0.05) is 78.5 Å². The molecule has 0 unspecified atom stereocenters. The van der Waals surface area contributed by atoms with Crippen molar-refractivity contribution in [2.75, 3.05) is 7.11 Å². The molecule has 2 heterocycles. The topological polar surface area (TPSA) is 52.8 Å². The smallest absolute Gasteiger partial charge is 0.192 e. The summed E-state index contributed by atoms with van der Waals surface area (Å²) in [4.78, 5) is 4.91. The van der Waals surface area contributed by atoms with Crippen LogP contribution in [0.3, 0.4) is 0 Å². The normalized spacial score (nSPS) is 11.0. The monoisotopic (exact) mass is 464 g/mol. The van der Waals surface area contributed by atoms with Crippen molar-refractivity contribution in [1.29, 1.82) is 0 Å². The molecule has 0 radical (unpaired) electrons. The molecule has 0 saturated heterocycles. The molecule has 6 heteroatoms. The Morgan fingerprint density at radius 1 is 0.941 bits per heavy atom. The second-order valence-corrected chi connectivity index (χ2v) is 8.73. The zero-order chi connectivity index (χ0) is 23.3. The van der Waals surface area contributed by atoms with E-state index in [0.717, 1.165) is 50.2 Å². The molecule has 5 rings (SSSR count). The molecule has 0 aliphatic carbocycles. The molecular formula is C28H24N4OS. The van der Waals surface area contributed by atoms with Crippen LogP contribution < -0.4 is 4.74 Å². The average molecular weight is 465 g/mol. The van der Waals surface area contributed by atoms with Gasteiger partial charge in [0.05, 0.1) is 18.3 Å². The number of aromatic nitrogens is 4. The number of para-hydroxylation sites is 1. The predicted octanol–water partition coefficient (Wildman–Crippen LogP) is 6.65. The second kappa shape index (κ2) is 9.93. The lowest BCUT2D eigenvalue weighted by Gasteiger charge is -2.12. The summed E-state index contributed by atoms with van der Waals surface area (Å²) < 4.78 is 7.48. The molecule has 0 aliphatic rings. The van der Waals surface area contributed by atoms with Crippen LogP contribution in [0.4, 0.5) is 0 Å². The van der Waals surface area contributed by atoms with Crippen LogP contribution in [0.15, 0.2) is 103 Å². The summed E-state index contributed by atoms with van der Waals surface area (Å²) in [5.74, 6) is 2.42. The standard InChI is InChI=1S/C28H24N4OS/c1-3-16-32-27(30-31-28(32)34-19-20-10-9-13-22(17-20)33-2)24-18-26(21-11-5-4-6-12-21)29-25-15-8-7-14-23(24)25/h3-15,17-18H,1,16,19H2,2H3. The van der Waals surface area contributed by atoms with Crippen LogP contribution in [0.1, 0.15) is 5.56 Å². The minimum atomic E-state index is 0.611. The summed E-state index contributed by atoms with van der Waals surface area (Å²) in [6.45, 7) is 4.58. The molecule has 3 aromatic carbocycles. The van der Waals surface area contributed by atoms with E-state index in [1.165, 1.54) is 5.56 Å².